The Balaban J connectivity index is 2.44. The molecular formula is C13H12O2. The van der Waals surface area contributed by atoms with Crippen LogP contribution in [-0.4, -0.2) is 11.1 Å². The lowest BCUT2D eigenvalue weighted by Crippen LogP contribution is -1.84. The Kier molecular flexibility index (Phi) is 4.67. The first-order chi connectivity index (χ1) is 7.29. The number of hydrogen-bond donors (Lipinski definition) is 1. The van der Waals surface area contributed by atoms with Crippen LogP contribution in [0.4, 0.5) is 0 Å². The Labute approximate surface area is 88.9 Å². The first kappa shape index (κ1) is 11.0. The Morgan fingerprint density at radius 2 is 1.67 bits per heavy atom. The van der Waals surface area contributed by atoms with Crippen LogP contribution in [0.15, 0.2) is 60.7 Å². The van der Waals surface area contributed by atoms with Crippen molar-refractivity contribution in [2.24, 2.45) is 0 Å². The van der Waals surface area contributed by atoms with E-state index in [9.17, 15) is 4.79 Å². The van der Waals surface area contributed by atoms with E-state index in [2.05, 4.69) is 0 Å². The van der Waals surface area contributed by atoms with Gasteiger partial charge in [-0.25, -0.2) is 4.79 Å². The lowest BCUT2D eigenvalue weighted by atomic mass is 10.2. The topological polar surface area (TPSA) is 37.3 Å². The summed E-state index contributed by atoms with van der Waals surface area (Å²) in [6, 6.07) is 9.89. The van der Waals surface area contributed by atoms with Gasteiger partial charge in [0.15, 0.2) is 0 Å². The minimum Gasteiger partial charge on any atom is -0.478 e. The normalized spacial score (nSPS) is 11.7. The van der Waals surface area contributed by atoms with Gasteiger partial charge in [0.1, 0.15) is 0 Å². The lowest BCUT2D eigenvalue weighted by molar-refractivity contribution is -0.131. The van der Waals surface area contributed by atoms with Gasteiger partial charge in [0, 0.05) is 6.08 Å². The molecule has 0 spiro atoms. The summed E-state index contributed by atoms with van der Waals surface area (Å²) in [5, 5.41) is 8.31. The van der Waals surface area contributed by atoms with E-state index in [4.69, 9.17) is 5.11 Å². The maximum Gasteiger partial charge on any atom is 0.328 e. The molecule has 1 aromatic rings. The van der Waals surface area contributed by atoms with Crippen LogP contribution in [-0.2, 0) is 4.79 Å². The summed E-state index contributed by atoms with van der Waals surface area (Å²) in [6.45, 7) is 0. The number of allylic oxidation sites excluding steroid dienone is 4. The van der Waals surface area contributed by atoms with Gasteiger partial charge in [-0.1, -0.05) is 60.7 Å². The third-order valence-electron chi connectivity index (χ3n) is 1.66. The minimum absolute atomic E-state index is 0.938. The molecule has 0 radical (unpaired) electrons. The summed E-state index contributed by atoms with van der Waals surface area (Å²) in [5.74, 6) is -0.938. The molecule has 0 amide bonds. The molecule has 2 heteroatoms. The van der Waals surface area contributed by atoms with Gasteiger partial charge in [-0.15, -0.1) is 0 Å². The van der Waals surface area contributed by atoms with Crippen molar-refractivity contribution in [3.05, 3.63) is 66.3 Å². The first-order valence-electron chi connectivity index (χ1n) is 4.58. The largest absolute Gasteiger partial charge is 0.478 e. The lowest BCUT2D eigenvalue weighted by Gasteiger charge is -1.87. The highest BCUT2D eigenvalue weighted by Crippen LogP contribution is 2.00. The van der Waals surface area contributed by atoms with Crippen LogP contribution in [0, 0.1) is 0 Å². The Morgan fingerprint density at radius 1 is 1.00 bits per heavy atom. The van der Waals surface area contributed by atoms with Crippen LogP contribution in [0.2, 0.25) is 0 Å². The van der Waals surface area contributed by atoms with Gasteiger partial charge < -0.3 is 5.11 Å². The van der Waals surface area contributed by atoms with E-state index in [-0.39, 0.29) is 0 Å². The van der Waals surface area contributed by atoms with Gasteiger partial charge in [-0.2, -0.15) is 0 Å². The molecule has 0 aliphatic heterocycles. The van der Waals surface area contributed by atoms with Crippen LogP contribution in [0.5, 0.6) is 0 Å². The number of carboxylic acid groups (broad SMARTS) is 1. The molecule has 1 N–H and O–H groups in total. The van der Waals surface area contributed by atoms with Gasteiger partial charge in [-0.3, -0.25) is 0 Å². The predicted octanol–water partition coefficient (Wildman–Crippen LogP) is 2.90. The SMILES string of the molecule is O=C(O)C=CC=CC=Cc1ccccc1. The van der Waals surface area contributed by atoms with E-state index in [0.717, 1.165) is 11.6 Å². The number of benzene rings is 1. The van der Waals surface area contributed by atoms with Crippen molar-refractivity contribution in [1.29, 1.82) is 0 Å². The summed E-state index contributed by atoms with van der Waals surface area (Å²) < 4.78 is 0. The van der Waals surface area contributed by atoms with E-state index in [0.29, 0.717) is 0 Å². The number of aliphatic carboxylic acids is 1. The average molecular weight is 200 g/mol. The van der Waals surface area contributed by atoms with Gasteiger partial charge in [0.05, 0.1) is 0 Å². The maximum atomic E-state index is 10.1. The van der Waals surface area contributed by atoms with E-state index >= 15 is 0 Å². The third kappa shape index (κ3) is 5.26. The highest BCUT2D eigenvalue weighted by atomic mass is 16.4. The number of carboxylic acids is 1. The molecule has 0 saturated carbocycles. The molecule has 76 valence electrons. The molecule has 0 aromatic heterocycles. The smallest absolute Gasteiger partial charge is 0.328 e. The summed E-state index contributed by atoms with van der Waals surface area (Å²) in [4.78, 5) is 10.1. The second-order valence-corrected chi connectivity index (χ2v) is 2.85. The first-order valence-corrected chi connectivity index (χ1v) is 4.58. The van der Waals surface area contributed by atoms with Crippen molar-refractivity contribution in [3.8, 4) is 0 Å². The number of carbonyl (C=O) groups is 1. The highest BCUT2D eigenvalue weighted by molar-refractivity contribution is 5.80. The fraction of sp³-hybridized carbons (Fsp3) is 0. The molecule has 2 nitrogen and oxygen atoms in total. The molecule has 0 saturated heterocycles. The quantitative estimate of drug-likeness (QED) is 0.599. The van der Waals surface area contributed by atoms with Crippen molar-refractivity contribution < 1.29 is 9.90 Å². The average Bonchev–Trinajstić information content (AvgIpc) is 2.24. The molecule has 1 rings (SSSR count). The fourth-order valence-electron chi connectivity index (χ4n) is 0.997. The van der Waals surface area contributed by atoms with Crippen LogP contribution < -0.4 is 0 Å². The maximum absolute atomic E-state index is 10.1. The molecule has 0 aliphatic rings. The molecule has 0 fully saturated rings. The zero-order valence-corrected chi connectivity index (χ0v) is 8.21. The summed E-state index contributed by atoms with van der Waals surface area (Å²) in [7, 11) is 0. The predicted molar refractivity (Wildman–Crippen MR) is 61.4 cm³/mol. The Bertz CT molecular complexity index is 386. The number of rotatable bonds is 4. The van der Waals surface area contributed by atoms with Crippen molar-refractivity contribution in [3.63, 3.8) is 0 Å². The second kappa shape index (κ2) is 6.38. The molecule has 1 aromatic carbocycles. The second-order valence-electron chi connectivity index (χ2n) is 2.85. The molecular weight excluding hydrogens is 188 g/mol. The summed E-state index contributed by atoms with van der Waals surface area (Å²) in [5.41, 5.74) is 1.12. The van der Waals surface area contributed by atoms with Crippen LogP contribution >= 0.6 is 0 Å². The summed E-state index contributed by atoms with van der Waals surface area (Å²) in [6.07, 6.45) is 9.84. The zero-order chi connectivity index (χ0) is 10.9. The van der Waals surface area contributed by atoms with E-state index in [1.165, 1.54) is 6.08 Å². The molecule has 0 heterocycles. The van der Waals surface area contributed by atoms with E-state index in [1.807, 2.05) is 42.5 Å². The monoisotopic (exact) mass is 200 g/mol. The van der Waals surface area contributed by atoms with Crippen molar-refractivity contribution in [2.45, 2.75) is 0 Å². The van der Waals surface area contributed by atoms with E-state index < -0.39 is 5.97 Å². The van der Waals surface area contributed by atoms with Crippen LogP contribution in [0.3, 0.4) is 0 Å². The standard InChI is InChI=1S/C13H12O2/c14-13(15)11-7-2-1-4-8-12-9-5-3-6-10-12/h1-11H,(H,14,15). The Hall–Kier alpha value is -2.09. The Morgan fingerprint density at radius 3 is 2.33 bits per heavy atom. The van der Waals surface area contributed by atoms with E-state index in [1.54, 1.807) is 12.2 Å². The van der Waals surface area contributed by atoms with Crippen molar-refractivity contribution >= 4 is 12.0 Å². The molecule has 0 unspecified atom stereocenters. The fourth-order valence-corrected chi connectivity index (χ4v) is 0.997. The van der Waals surface area contributed by atoms with Gasteiger partial charge in [-0.05, 0) is 5.56 Å². The van der Waals surface area contributed by atoms with Gasteiger partial charge >= 0.3 is 5.97 Å². The zero-order valence-electron chi connectivity index (χ0n) is 8.21. The molecule has 0 atom stereocenters. The third-order valence-corrected chi connectivity index (χ3v) is 1.66. The van der Waals surface area contributed by atoms with Gasteiger partial charge in [0.25, 0.3) is 0 Å². The summed E-state index contributed by atoms with van der Waals surface area (Å²) >= 11 is 0. The minimum atomic E-state index is -0.938. The number of hydrogen-bond acceptors (Lipinski definition) is 1. The molecule has 0 aliphatic carbocycles. The molecule has 0 bridgehead atoms. The highest BCUT2D eigenvalue weighted by Gasteiger charge is 1.80. The molecule has 15 heavy (non-hydrogen) atoms. The van der Waals surface area contributed by atoms with Crippen molar-refractivity contribution in [2.75, 3.05) is 0 Å². The van der Waals surface area contributed by atoms with Crippen LogP contribution in [0.1, 0.15) is 5.56 Å². The van der Waals surface area contributed by atoms with Gasteiger partial charge in [0.2, 0.25) is 0 Å². The van der Waals surface area contributed by atoms with Crippen molar-refractivity contribution in [1.82, 2.24) is 0 Å². The van der Waals surface area contributed by atoms with Crippen LogP contribution in [0.25, 0.3) is 6.08 Å².